The number of nitrogens with two attached hydrogens (primary N) is 1. The van der Waals surface area contributed by atoms with E-state index in [1.807, 2.05) is 0 Å². The van der Waals surface area contributed by atoms with Crippen molar-refractivity contribution >= 4 is 11.7 Å². The van der Waals surface area contributed by atoms with Gasteiger partial charge in [0.25, 0.3) is 0 Å². The third-order valence-corrected chi connectivity index (χ3v) is 2.72. The van der Waals surface area contributed by atoms with Gasteiger partial charge in [0.05, 0.1) is 6.42 Å². The minimum absolute atomic E-state index is 0.0905. The zero-order chi connectivity index (χ0) is 13.8. The van der Waals surface area contributed by atoms with Crippen LogP contribution in [0.4, 0.5) is 5.82 Å². The number of aromatic hydroxyl groups is 1. The van der Waals surface area contributed by atoms with Crippen LogP contribution in [0, 0.1) is 0 Å². The quantitative estimate of drug-likeness (QED) is 0.756. The van der Waals surface area contributed by atoms with E-state index in [1.165, 1.54) is 0 Å². The van der Waals surface area contributed by atoms with Crippen LogP contribution in [-0.4, -0.2) is 20.8 Å². The van der Waals surface area contributed by atoms with E-state index in [1.54, 1.807) is 42.2 Å². The number of para-hydroxylation sites is 1. The second-order valence-electron chi connectivity index (χ2n) is 4.23. The molecule has 0 aliphatic carbocycles. The van der Waals surface area contributed by atoms with Crippen LogP contribution in [0.3, 0.4) is 0 Å². The number of nitrogens with one attached hydrogen (secondary N) is 1. The lowest BCUT2D eigenvalue weighted by Gasteiger charge is -2.05. The minimum atomic E-state index is -0.241. The van der Waals surface area contributed by atoms with Gasteiger partial charge in [-0.15, -0.1) is 0 Å². The van der Waals surface area contributed by atoms with Crippen LogP contribution in [0.5, 0.6) is 5.75 Å². The van der Waals surface area contributed by atoms with Crippen molar-refractivity contribution in [2.45, 2.75) is 13.0 Å². The van der Waals surface area contributed by atoms with E-state index < -0.39 is 0 Å². The van der Waals surface area contributed by atoms with Crippen LogP contribution in [0.15, 0.2) is 30.5 Å². The van der Waals surface area contributed by atoms with E-state index >= 15 is 0 Å². The molecule has 0 radical (unpaired) electrons. The Bertz CT molecular complexity index is 592. The van der Waals surface area contributed by atoms with Crippen molar-refractivity contribution in [2.75, 3.05) is 5.32 Å². The average Bonchev–Trinajstić information content (AvgIpc) is 2.72. The molecular formula is C13H16N4O2. The molecule has 0 aliphatic rings. The monoisotopic (exact) mass is 260 g/mol. The predicted molar refractivity (Wildman–Crippen MR) is 71.5 cm³/mol. The first kappa shape index (κ1) is 13.1. The lowest BCUT2D eigenvalue weighted by molar-refractivity contribution is -0.115. The molecule has 1 aromatic heterocycles. The lowest BCUT2D eigenvalue weighted by atomic mass is 10.1. The summed E-state index contributed by atoms with van der Waals surface area (Å²) in [7, 11) is 1.76. The third-order valence-electron chi connectivity index (χ3n) is 2.72. The maximum Gasteiger partial charge on any atom is 0.230 e. The van der Waals surface area contributed by atoms with Crippen LogP contribution in [0.2, 0.25) is 0 Å². The largest absolute Gasteiger partial charge is 0.508 e. The Balaban J connectivity index is 2.07. The Morgan fingerprint density at radius 3 is 2.84 bits per heavy atom. The van der Waals surface area contributed by atoms with Gasteiger partial charge in [-0.2, -0.15) is 5.10 Å². The molecule has 0 saturated heterocycles. The molecule has 0 unspecified atom stereocenters. The number of aryl methyl sites for hydroxylation is 1. The molecule has 2 aromatic rings. The first-order chi connectivity index (χ1) is 9.10. The van der Waals surface area contributed by atoms with Gasteiger partial charge >= 0.3 is 0 Å². The molecule has 0 saturated carbocycles. The Labute approximate surface area is 110 Å². The number of amides is 1. The zero-order valence-electron chi connectivity index (χ0n) is 10.6. The van der Waals surface area contributed by atoms with Gasteiger partial charge < -0.3 is 16.2 Å². The molecule has 1 aromatic carbocycles. The molecule has 6 nitrogen and oxygen atoms in total. The van der Waals surface area contributed by atoms with Crippen LogP contribution in [-0.2, 0) is 24.8 Å². The molecular weight excluding hydrogens is 244 g/mol. The second-order valence-corrected chi connectivity index (χ2v) is 4.23. The van der Waals surface area contributed by atoms with E-state index in [2.05, 4.69) is 10.4 Å². The second kappa shape index (κ2) is 5.53. The highest BCUT2D eigenvalue weighted by Gasteiger charge is 2.12. The number of hydrogen-bond donors (Lipinski definition) is 3. The summed E-state index contributed by atoms with van der Waals surface area (Å²) in [5, 5.41) is 16.4. The van der Waals surface area contributed by atoms with E-state index in [0.717, 1.165) is 5.56 Å². The molecule has 0 fully saturated rings. The molecule has 0 aliphatic heterocycles. The summed E-state index contributed by atoms with van der Waals surface area (Å²) < 4.78 is 1.60. The highest BCUT2D eigenvalue weighted by Crippen LogP contribution is 2.17. The zero-order valence-corrected chi connectivity index (χ0v) is 10.6. The molecule has 1 heterocycles. The number of rotatable bonds is 4. The SMILES string of the molecule is Cn1cc(CN)c(NC(=O)Cc2ccccc2O)n1. The number of carbonyl (C=O) groups is 1. The first-order valence-electron chi connectivity index (χ1n) is 5.89. The summed E-state index contributed by atoms with van der Waals surface area (Å²) in [5.74, 6) is 0.332. The number of aromatic nitrogens is 2. The van der Waals surface area contributed by atoms with Crippen molar-refractivity contribution in [3.63, 3.8) is 0 Å². The molecule has 6 heteroatoms. The normalized spacial score (nSPS) is 10.4. The summed E-state index contributed by atoms with van der Waals surface area (Å²) in [5.41, 5.74) is 6.92. The van der Waals surface area contributed by atoms with Crippen molar-refractivity contribution in [3.05, 3.63) is 41.6 Å². The minimum Gasteiger partial charge on any atom is -0.508 e. The van der Waals surface area contributed by atoms with Gasteiger partial charge in [0.2, 0.25) is 5.91 Å². The number of carbonyl (C=O) groups excluding carboxylic acids is 1. The van der Waals surface area contributed by atoms with Crippen LogP contribution >= 0.6 is 0 Å². The smallest absolute Gasteiger partial charge is 0.230 e. The number of benzene rings is 1. The fourth-order valence-corrected chi connectivity index (χ4v) is 1.80. The molecule has 0 atom stereocenters. The molecule has 0 spiro atoms. The van der Waals surface area contributed by atoms with Gasteiger partial charge in [-0.3, -0.25) is 9.48 Å². The number of anilines is 1. The van der Waals surface area contributed by atoms with Crippen LogP contribution in [0.25, 0.3) is 0 Å². The van der Waals surface area contributed by atoms with Crippen molar-refractivity contribution in [2.24, 2.45) is 12.8 Å². The average molecular weight is 260 g/mol. The fourth-order valence-electron chi connectivity index (χ4n) is 1.80. The van der Waals surface area contributed by atoms with Gasteiger partial charge in [0.1, 0.15) is 5.75 Å². The molecule has 0 bridgehead atoms. The number of nitrogens with zero attached hydrogens (tertiary/aromatic N) is 2. The molecule has 1 amide bonds. The summed E-state index contributed by atoms with van der Waals surface area (Å²) in [6.07, 6.45) is 1.85. The van der Waals surface area contributed by atoms with E-state index in [-0.39, 0.29) is 18.1 Å². The van der Waals surface area contributed by atoms with Crippen molar-refractivity contribution in [1.29, 1.82) is 0 Å². The highest BCUT2D eigenvalue weighted by atomic mass is 16.3. The van der Waals surface area contributed by atoms with Gasteiger partial charge in [0, 0.05) is 30.9 Å². The van der Waals surface area contributed by atoms with Crippen LogP contribution < -0.4 is 11.1 Å². The van der Waals surface area contributed by atoms with Crippen LogP contribution in [0.1, 0.15) is 11.1 Å². The summed E-state index contributed by atoms with van der Waals surface area (Å²) in [6.45, 7) is 0.306. The van der Waals surface area contributed by atoms with Crippen molar-refractivity contribution in [3.8, 4) is 5.75 Å². The first-order valence-corrected chi connectivity index (χ1v) is 5.89. The molecule has 19 heavy (non-hydrogen) atoms. The van der Waals surface area contributed by atoms with Crippen molar-refractivity contribution in [1.82, 2.24) is 9.78 Å². The van der Waals surface area contributed by atoms with Gasteiger partial charge in [-0.05, 0) is 6.07 Å². The van der Waals surface area contributed by atoms with E-state index in [9.17, 15) is 9.90 Å². The fraction of sp³-hybridized carbons (Fsp3) is 0.231. The Morgan fingerprint density at radius 2 is 2.16 bits per heavy atom. The maximum atomic E-state index is 11.9. The van der Waals surface area contributed by atoms with Gasteiger partial charge in [0.15, 0.2) is 5.82 Å². The lowest BCUT2D eigenvalue weighted by Crippen LogP contribution is -2.16. The van der Waals surface area contributed by atoms with Gasteiger partial charge in [-0.25, -0.2) is 0 Å². The molecule has 2 rings (SSSR count). The third kappa shape index (κ3) is 3.11. The van der Waals surface area contributed by atoms with E-state index in [0.29, 0.717) is 17.9 Å². The topological polar surface area (TPSA) is 93.2 Å². The number of phenolic OH excluding ortho intramolecular Hbond substituents is 1. The maximum absolute atomic E-state index is 11.9. The summed E-state index contributed by atoms with van der Waals surface area (Å²) in [4.78, 5) is 11.9. The number of hydrogen-bond acceptors (Lipinski definition) is 4. The standard InChI is InChI=1S/C13H16N4O2/c1-17-8-10(7-14)13(16-17)15-12(19)6-9-4-2-3-5-11(9)18/h2-5,8,18H,6-7,14H2,1H3,(H,15,16,19). The van der Waals surface area contributed by atoms with Crippen molar-refractivity contribution < 1.29 is 9.90 Å². The van der Waals surface area contributed by atoms with Gasteiger partial charge in [-0.1, -0.05) is 18.2 Å². The summed E-state index contributed by atoms with van der Waals surface area (Å²) >= 11 is 0. The Hall–Kier alpha value is -2.34. The predicted octanol–water partition coefficient (Wildman–Crippen LogP) is 0.766. The highest BCUT2D eigenvalue weighted by molar-refractivity contribution is 5.92. The summed E-state index contributed by atoms with van der Waals surface area (Å²) in [6, 6.07) is 6.74. The molecule has 4 N–H and O–H groups in total. The Morgan fingerprint density at radius 1 is 1.42 bits per heavy atom. The Kier molecular flexibility index (Phi) is 3.82. The number of phenols is 1. The molecule has 100 valence electrons. The van der Waals surface area contributed by atoms with E-state index in [4.69, 9.17) is 5.73 Å².